The zero-order chi connectivity index (χ0) is 11.5. The molecule has 0 aromatic carbocycles. The Morgan fingerprint density at radius 3 is 2.87 bits per heavy atom. The van der Waals surface area contributed by atoms with Gasteiger partial charge in [-0.25, -0.2) is 0 Å². The lowest BCUT2D eigenvalue weighted by atomic mass is 10.0. The van der Waals surface area contributed by atoms with Gasteiger partial charge in [0.25, 0.3) is 0 Å². The summed E-state index contributed by atoms with van der Waals surface area (Å²) in [5.74, 6) is -0.980. The molecule has 1 aliphatic heterocycles. The van der Waals surface area contributed by atoms with E-state index in [-0.39, 0.29) is 13.2 Å². The highest BCUT2D eigenvalue weighted by molar-refractivity contribution is 5.79. The Balaban J connectivity index is 2.39. The zero-order valence-electron chi connectivity index (χ0n) is 8.85. The molecule has 1 saturated heterocycles. The number of methoxy groups -OCH3 is 1. The number of hydrogen-bond donors (Lipinski definition) is 3. The molecular formula is C9H18N2O4. The summed E-state index contributed by atoms with van der Waals surface area (Å²) < 4.78 is 4.79. The van der Waals surface area contributed by atoms with Gasteiger partial charge in [0.2, 0.25) is 0 Å². The number of aliphatic hydroxyl groups is 1. The molecule has 88 valence electrons. The summed E-state index contributed by atoms with van der Waals surface area (Å²) in [6.07, 6.45) is -0.173. The van der Waals surface area contributed by atoms with E-state index in [0.29, 0.717) is 19.5 Å². The van der Waals surface area contributed by atoms with E-state index < -0.39 is 17.6 Å². The normalized spacial score (nSPS) is 29.3. The molecular weight excluding hydrogens is 200 g/mol. The third-order valence-electron chi connectivity index (χ3n) is 2.63. The quantitative estimate of drug-likeness (QED) is 0.519. The van der Waals surface area contributed by atoms with Crippen LogP contribution in [0.15, 0.2) is 0 Å². The van der Waals surface area contributed by atoms with Crippen LogP contribution in [0.4, 0.5) is 0 Å². The van der Waals surface area contributed by atoms with Gasteiger partial charge in [0.15, 0.2) is 0 Å². The Morgan fingerprint density at radius 2 is 2.40 bits per heavy atom. The maximum Gasteiger partial charge on any atom is 0.325 e. The third kappa shape index (κ3) is 3.13. The van der Waals surface area contributed by atoms with E-state index in [2.05, 4.69) is 0 Å². The number of nitrogens with zero attached hydrogens (tertiary/aromatic N) is 1. The number of ether oxygens (including phenoxy) is 1. The summed E-state index contributed by atoms with van der Waals surface area (Å²) in [4.78, 5) is 12.7. The molecule has 0 amide bonds. The van der Waals surface area contributed by atoms with E-state index in [9.17, 15) is 9.90 Å². The molecule has 1 heterocycles. The van der Waals surface area contributed by atoms with Crippen LogP contribution >= 0.6 is 0 Å². The molecule has 6 heteroatoms. The fraction of sp³-hybridized carbons (Fsp3) is 0.889. The number of likely N-dealkylation sites (tertiary alicyclic amines) is 1. The lowest BCUT2D eigenvalue weighted by Gasteiger charge is -2.21. The topological polar surface area (TPSA) is 96.0 Å². The number of aliphatic hydroxyl groups excluding tert-OH is 1. The number of aliphatic carboxylic acids is 1. The van der Waals surface area contributed by atoms with Crippen molar-refractivity contribution in [2.75, 3.05) is 33.4 Å². The Kier molecular flexibility index (Phi) is 4.04. The van der Waals surface area contributed by atoms with Gasteiger partial charge in [0.1, 0.15) is 5.54 Å². The second-order valence-corrected chi connectivity index (χ2v) is 4.06. The third-order valence-corrected chi connectivity index (χ3v) is 2.63. The first-order chi connectivity index (χ1) is 6.98. The van der Waals surface area contributed by atoms with Crippen LogP contribution in [0.1, 0.15) is 6.42 Å². The van der Waals surface area contributed by atoms with Crippen molar-refractivity contribution in [1.29, 1.82) is 0 Å². The van der Waals surface area contributed by atoms with Gasteiger partial charge in [0, 0.05) is 26.7 Å². The van der Waals surface area contributed by atoms with Crippen molar-refractivity contribution in [3.05, 3.63) is 0 Å². The SMILES string of the molecule is COCC(O)CN1CCC(N)(C(=O)O)C1. The predicted octanol–water partition coefficient (Wildman–Crippen LogP) is -1.52. The molecule has 0 saturated carbocycles. The molecule has 2 atom stereocenters. The second kappa shape index (κ2) is 4.89. The number of carboxylic acids is 1. The lowest BCUT2D eigenvalue weighted by molar-refractivity contribution is -0.142. The van der Waals surface area contributed by atoms with Crippen LogP contribution < -0.4 is 5.73 Å². The highest BCUT2D eigenvalue weighted by Gasteiger charge is 2.41. The molecule has 15 heavy (non-hydrogen) atoms. The van der Waals surface area contributed by atoms with Gasteiger partial charge in [-0.2, -0.15) is 0 Å². The largest absolute Gasteiger partial charge is 0.480 e. The molecule has 1 aliphatic rings. The molecule has 6 nitrogen and oxygen atoms in total. The predicted molar refractivity (Wildman–Crippen MR) is 53.5 cm³/mol. The van der Waals surface area contributed by atoms with Gasteiger partial charge in [-0.05, 0) is 6.42 Å². The minimum atomic E-state index is -1.16. The summed E-state index contributed by atoms with van der Waals surface area (Å²) in [5.41, 5.74) is 4.53. The van der Waals surface area contributed by atoms with Crippen LogP contribution in [0.2, 0.25) is 0 Å². The first-order valence-corrected chi connectivity index (χ1v) is 4.89. The average molecular weight is 218 g/mol. The van der Waals surface area contributed by atoms with Crippen LogP contribution in [0.5, 0.6) is 0 Å². The molecule has 0 bridgehead atoms. The molecule has 0 radical (unpaired) electrons. The Labute approximate surface area is 88.6 Å². The number of β-amino-alcohol motifs (C(OH)–C–C–N with tert-alkyl or cyclic N) is 1. The molecule has 1 rings (SSSR count). The number of nitrogens with two attached hydrogens (primary N) is 1. The van der Waals surface area contributed by atoms with E-state index in [1.165, 1.54) is 7.11 Å². The van der Waals surface area contributed by atoms with Crippen molar-refractivity contribution in [1.82, 2.24) is 4.90 Å². The summed E-state index contributed by atoms with van der Waals surface area (Å²) in [5, 5.41) is 18.4. The van der Waals surface area contributed by atoms with Crippen LogP contribution in [0.3, 0.4) is 0 Å². The van der Waals surface area contributed by atoms with Crippen molar-refractivity contribution in [2.24, 2.45) is 5.73 Å². The van der Waals surface area contributed by atoms with Crippen LogP contribution in [-0.4, -0.2) is 66.1 Å². The smallest absolute Gasteiger partial charge is 0.325 e. The first kappa shape index (κ1) is 12.4. The fourth-order valence-electron chi connectivity index (χ4n) is 1.79. The molecule has 0 aromatic rings. The molecule has 0 spiro atoms. The van der Waals surface area contributed by atoms with Gasteiger partial charge < -0.3 is 20.7 Å². The van der Waals surface area contributed by atoms with E-state index in [1.807, 2.05) is 4.90 Å². The Hall–Kier alpha value is -0.690. The highest BCUT2D eigenvalue weighted by Crippen LogP contribution is 2.18. The molecule has 1 fully saturated rings. The molecule has 4 N–H and O–H groups in total. The van der Waals surface area contributed by atoms with Crippen molar-refractivity contribution >= 4 is 5.97 Å². The van der Waals surface area contributed by atoms with Crippen molar-refractivity contribution in [3.8, 4) is 0 Å². The average Bonchev–Trinajstić information content (AvgIpc) is 2.49. The minimum Gasteiger partial charge on any atom is -0.480 e. The maximum absolute atomic E-state index is 10.8. The molecule has 0 aromatic heterocycles. The van der Waals surface area contributed by atoms with Crippen LogP contribution in [-0.2, 0) is 9.53 Å². The Bertz CT molecular complexity index is 236. The van der Waals surface area contributed by atoms with E-state index in [4.69, 9.17) is 15.6 Å². The van der Waals surface area contributed by atoms with Crippen LogP contribution in [0, 0.1) is 0 Å². The fourth-order valence-corrected chi connectivity index (χ4v) is 1.79. The first-order valence-electron chi connectivity index (χ1n) is 4.89. The lowest BCUT2D eigenvalue weighted by Crippen LogP contribution is -2.50. The Morgan fingerprint density at radius 1 is 1.73 bits per heavy atom. The number of rotatable bonds is 5. The van der Waals surface area contributed by atoms with Gasteiger partial charge in [-0.3, -0.25) is 9.69 Å². The zero-order valence-corrected chi connectivity index (χ0v) is 8.85. The van der Waals surface area contributed by atoms with Gasteiger partial charge >= 0.3 is 5.97 Å². The van der Waals surface area contributed by atoms with Crippen molar-refractivity contribution in [2.45, 2.75) is 18.1 Å². The van der Waals surface area contributed by atoms with Gasteiger partial charge in [-0.1, -0.05) is 0 Å². The van der Waals surface area contributed by atoms with Crippen LogP contribution in [0.25, 0.3) is 0 Å². The van der Waals surface area contributed by atoms with E-state index in [1.54, 1.807) is 0 Å². The van der Waals surface area contributed by atoms with Gasteiger partial charge in [-0.15, -0.1) is 0 Å². The standard InChI is InChI=1S/C9H18N2O4/c1-15-5-7(12)4-11-3-2-9(10,6-11)8(13)14/h7,12H,2-6,10H2,1H3,(H,13,14). The number of carbonyl (C=O) groups is 1. The summed E-state index contributed by atoms with van der Waals surface area (Å²) in [6, 6.07) is 0. The summed E-state index contributed by atoms with van der Waals surface area (Å²) in [6.45, 7) is 1.54. The number of hydrogen-bond acceptors (Lipinski definition) is 5. The minimum absolute atomic E-state index is 0.251. The highest BCUT2D eigenvalue weighted by atomic mass is 16.5. The van der Waals surface area contributed by atoms with Crippen molar-refractivity contribution < 1.29 is 19.7 Å². The second-order valence-electron chi connectivity index (χ2n) is 4.06. The van der Waals surface area contributed by atoms with E-state index >= 15 is 0 Å². The summed E-state index contributed by atoms with van der Waals surface area (Å²) in [7, 11) is 1.51. The molecule has 0 aliphatic carbocycles. The summed E-state index contributed by atoms with van der Waals surface area (Å²) >= 11 is 0. The van der Waals surface area contributed by atoms with E-state index in [0.717, 1.165) is 0 Å². The molecule has 2 unspecified atom stereocenters. The monoisotopic (exact) mass is 218 g/mol. The van der Waals surface area contributed by atoms with Crippen molar-refractivity contribution in [3.63, 3.8) is 0 Å². The maximum atomic E-state index is 10.8. The van der Waals surface area contributed by atoms with Gasteiger partial charge in [0.05, 0.1) is 12.7 Å². The number of carboxylic acid groups (broad SMARTS) is 1.